The molecule has 7 heteroatoms. The molecule has 1 N–H and O–H groups in total. The number of fused-ring (bicyclic) bond motifs is 1. The van der Waals surface area contributed by atoms with E-state index in [4.69, 9.17) is 25.5 Å². The number of hydrogen-bond acceptors (Lipinski definition) is 5. The summed E-state index contributed by atoms with van der Waals surface area (Å²) in [7, 11) is 0. The highest BCUT2D eigenvalue weighted by Crippen LogP contribution is 2.30. The molecular weight excluding hydrogens is 380 g/mol. The third-order valence-corrected chi connectivity index (χ3v) is 4.59. The van der Waals surface area contributed by atoms with Crippen LogP contribution in [-0.4, -0.2) is 30.1 Å². The number of nitrogens with zero attached hydrogens (tertiary/aromatic N) is 1. The van der Waals surface area contributed by atoms with E-state index in [-0.39, 0.29) is 18.4 Å². The molecule has 1 unspecified atom stereocenters. The number of para-hydroxylation sites is 2. The van der Waals surface area contributed by atoms with Crippen molar-refractivity contribution >= 4 is 17.5 Å². The first-order chi connectivity index (χ1) is 13.7. The van der Waals surface area contributed by atoms with E-state index in [1.54, 1.807) is 18.3 Å². The van der Waals surface area contributed by atoms with Gasteiger partial charge in [0.1, 0.15) is 12.7 Å². The van der Waals surface area contributed by atoms with Gasteiger partial charge in [0.2, 0.25) is 5.91 Å². The Hall–Kier alpha value is -2.99. The summed E-state index contributed by atoms with van der Waals surface area (Å²) in [4.78, 5) is 16.4. The molecule has 1 amide bonds. The molecule has 0 saturated heterocycles. The number of ether oxygens (including phenoxy) is 2. The summed E-state index contributed by atoms with van der Waals surface area (Å²) in [6, 6.07) is 14.8. The number of rotatable bonds is 6. The minimum atomic E-state index is -0.211. The molecule has 0 saturated carbocycles. The fraction of sp³-hybridized carbons (Fsp3) is 0.238. The molecule has 2 aromatic carbocycles. The Morgan fingerprint density at radius 1 is 1.14 bits per heavy atom. The van der Waals surface area contributed by atoms with E-state index >= 15 is 0 Å². The van der Waals surface area contributed by atoms with Gasteiger partial charge in [0.25, 0.3) is 0 Å². The van der Waals surface area contributed by atoms with E-state index in [9.17, 15) is 4.79 Å². The summed E-state index contributed by atoms with van der Waals surface area (Å²) in [5, 5.41) is 3.53. The predicted molar refractivity (Wildman–Crippen MR) is 105 cm³/mol. The number of oxazole rings is 1. The maximum absolute atomic E-state index is 12.1. The second kappa shape index (κ2) is 8.35. The minimum Gasteiger partial charge on any atom is -0.486 e. The van der Waals surface area contributed by atoms with Crippen molar-refractivity contribution < 1.29 is 18.7 Å². The van der Waals surface area contributed by atoms with Crippen molar-refractivity contribution in [2.45, 2.75) is 18.9 Å². The van der Waals surface area contributed by atoms with Gasteiger partial charge in [0, 0.05) is 23.4 Å². The SMILES string of the molecule is O=C(CCc1ncc(-c2ccc(Cl)cc2)o1)NCC1COc2ccccc2O1. The van der Waals surface area contributed by atoms with Crippen LogP contribution in [0.1, 0.15) is 12.3 Å². The predicted octanol–water partition coefficient (Wildman–Crippen LogP) is 3.88. The largest absolute Gasteiger partial charge is 0.486 e. The Labute approximate surface area is 167 Å². The van der Waals surface area contributed by atoms with Crippen LogP contribution in [0.25, 0.3) is 11.3 Å². The van der Waals surface area contributed by atoms with Crippen molar-refractivity contribution in [3.05, 3.63) is 65.6 Å². The third-order valence-electron chi connectivity index (χ3n) is 4.34. The molecule has 6 nitrogen and oxygen atoms in total. The van der Waals surface area contributed by atoms with Crippen LogP contribution in [0.5, 0.6) is 11.5 Å². The smallest absolute Gasteiger partial charge is 0.220 e. The zero-order valence-electron chi connectivity index (χ0n) is 15.1. The normalized spacial score (nSPS) is 15.2. The minimum absolute atomic E-state index is 0.0892. The molecule has 1 aromatic heterocycles. The first kappa shape index (κ1) is 18.4. The number of amides is 1. The highest BCUT2D eigenvalue weighted by molar-refractivity contribution is 6.30. The summed E-state index contributed by atoms with van der Waals surface area (Å²) in [5.74, 6) is 2.51. The van der Waals surface area contributed by atoms with Crippen molar-refractivity contribution in [2.24, 2.45) is 0 Å². The fourth-order valence-electron chi connectivity index (χ4n) is 2.87. The number of benzene rings is 2. The first-order valence-electron chi connectivity index (χ1n) is 9.03. The molecule has 0 spiro atoms. The quantitative estimate of drug-likeness (QED) is 0.682. The molecule has 1 aliphatic rings. The van der Waals surface area contributed by atoms with E-state index in [1.165, 1.54) is 0 Å². The lowest BCUT2D eigenvalue weighted by Gasteiger charge is -2.26. The monoisotopic (exact) mass is 398 g/mol. The average molecular weight is 399 g/mol. The Balaban J connectivity index is 1.24. The van der Waals surface area contributed by atoms with Crippen molar-refractivity contribution in [2.75, 3.05) is 13.2 Å². The number of carbonyl (C=O) groups is 1. The van der Waals surface area contributed by atoms with Crippen LogP contribution in [0.2, 0.25) is 5.02 Å². The van der Waals surface area contributed by atoms with Gasteiger partial charge in [-0.15, -0.1) is 0 Å². The van der Waals surface area contributed by atoms with Crippen LogP contribution in [-0.2, 0) is 11.2 Å². The van der Waals surface area contributed by atoms with E-state index in [0.29, 0.717) is 42.0 Å². The highest BCUT2D eigenvalue weighted by Gasteiger charge is 2.21. The zero-order valence-corrected chi connectivity index (χ0v) is 15.8. The summed E-state index contributed by atoms with van der Waals surface area (Å²) in [6.07, 6.45) is 2.15. The molecule has 0 radical (unpaired) electrons. The van der Waals surface area contributed by atoms with E-state index in [1.807, 2.05) is 36.4 Å². The van der Waals surface area contributed by atoms with Gasteiger partial charge in [-0.25, -0.2) is 4.98 Å². The van der Waals surface area contributed by atoms with Gasteiger partial charge in [-0.2, -0.15) is 0 Å². The van der Waals surface area contributed by atoms with Crippen LogP contribution in [0.3, 0.4) is 0 Å². The fourth-order valence-corrected chi connectivity index (χ4v) is 3.00. The van der Waals surface area contributed by atoms with Crippen molar-refractivity contribution in [3.63, 3.8) is 0 Å². The lowest BCUT2D eigenvalue weighted by atomic mass is 10.2. The molecular formula is C21H19ClN2O4. The number of nitrogens with one attached hydrogen (secondary N) is 1. The summed E-state index contributed by atoms with van der Waals surface area (Å²) < 4.78 is 17.2. The maximum Gasteiger partial charge on any atom is 0.220 e. The number of halogens is 1. The second-order valence-corrected chi connectivity index (χ2v) is 6.86. The maximum atomic E-state index is 12.1. The van der Waals surface area contributed by atoms with Gasteiger partial charge in [-0.1, -0.05) is 23.7 Å². The Kier molecular flexibility index (Phi) is 5.48. The second-order valence-electron chi connectivity index (χ2n) is 6.43. The van der Waals surface area contributed by atoms with Gasteiger partial charge >= 0.3 is 0 Å². The van der Waals surface area contributed by atoms with Crippen molar-refractivity contribution in [3.8, 4) is 22.8 Å². The summed E-state index contributed by atoms with van der Waals surface area (Å²) in [6.45, 7) is 0.788. The first-order valence-corrected chi connectivity index (χ1v) is 9.41. The van der Waals surface area contributed by atoms with Crippen LogP contribution >= 0.6 is 11.6 Å². The molecule has 144 valence electrons. The molecule has 3 aromatic rings. The van der Waals surface area contributed by atoms with Crippen molar-refractivity contribution in [1.82, 2.24) is 10.3 Å². The number of aromatic nitrogens is 1. The van der Waals surface area contributed by atoms with Gasteiger partial charge in [0.15, 0.2) is 23.1 Å². The number of aryl methyl sites for hydroxylation is 1. The molecule has 4 rings (SSSR count). The van der Waals surface area contributed by atoms with E-state index in [2.05, 4.69) is 10.3 Å². The van der Waals surface area contributed by atoms with E-state index < -0.39 is 0 Å². The highest BCUT2D eigenvalue weighted by atomic mass is 35.5. The average Bonchev–Trinajstić information content (AvgIpc) is 3.20. The van der Waals surface area contributed by atoms with Gasteiger partial charge in [-0.05, 0) is 36.4 Å². The molecule has 2 heterocycles. The third kappa shape index (κ3) is 4.46. The van der Waals surface area contributed by atoms with Gasteiger partial charge < -0.3 is 19.2 Å². The van der Waals surface area contributed by atoms with Crippen LogP contribution in [0.4, 0.5) is 0 Å². The zero-order chi connectivity index (χ0) is 19.3. The Morgan fingerprint density at radius 2 is 1.93 bits per heavy atom. The molecule has 28 heavy (non-hydrogen) atoms. The molecule has 1 aliphatic heterocycles. The lowest BCUT2D eigenvalue weighted by Crippen LogP contribution is -2.40. The molecule has 1 atom stereocenters. The van der Waals surface area contributed by atoms with Crippen LogP contribution < -0.4 is 14.8 Å². The molecule has 0 bridgehead atoms. The molecule has 0 aliphatic carbocycles. The molecule has 0 fully saturated rings. The summed E-state index contributed by atoms with van der Waals surface area (Å²) >= 11 is 5.89. The standard InChI is InChI=1S/C21H19ClN2O4/c22-15-7-5-14(6-8-15)19-12-24-21(28-19)10-9-20(25)23-11-16-13-26-17-3-1-2-4-18(17)27-16/h1-8,12,16H,9-11,13H2,(H,23,25). The van der Waals surface area contributed by atoms with Crippen LogP contribution in [0, 0.1) is 0 Å². The van der Waals surface area contributed by atoms with E-state index in [0.717, 1.165) is 11.3 Å². The Morgan fingerprint density at radius 3 is 2.75 bits per heavy atom. The lowest BCUT2D eigenvalue weighted by molar-refractivity contribution is -0.121. The summed E-state index contributed by atoms with van der Waals surface area (Å²) in [5.41, 5.74) is 0.891. The van der Waals surface area contributed by atoms with Gasteiger partial charge in [-0.3, -0.25) is 4.79 Å². The topological polar surface area (TPSA) is 73.6 Å². The van der Waals surface area contributed by atoms with Crippen molar-refractivity contribution in [1.29, 1.82) is 0 Å². The number of carbonyl (C=O) groups excluding carboxylic acids is 1. The number of hydrogen-bond donors (Lipinski definition) is 1. The Bertz CT molecular complexity index is 955. The van der Waals surface area contributed by atoms with Crippen LogP contribution in [0.15, 0.2) is 59.1 Å². The van der Waals surface area contributed by atoms with Gasteiger partial charge in [0.05, 0.1) is 12.7 Å².